The molecule has 0 heterocycles. The first-order chi connectivity index (χ1) is 4.70. The van der Waals surface area contributed by atoms with Crippen molar-refractivity contribution in [3.8, 4) is 0 Å². The second-order valence-corrected chi connectivity index (χ2v) is 3.64. The SMILES string of the molecule is CC(C)[C@H](C)OC1CCC1. The lowest BCUT2D eigenvalue weighted by Crippen LogP contribution is -2.28. The van der Waals surface area contributed by atoms with Gasteiger partial charge in [-0.15, -0.1) is 0 Å². The third-order valence-corrected chi connectivity index (χ3v) is 2.40. The molecule has 0 saturated heterocycles. The molecule has 1 atom stereocenters. The van der Waals surface area contributed by atoms with Crippen molar-refractivity contribution >= 4 is 0 Å². The second kappa shape index (κ2) is 3.38. The topological polar surface area (TPSA) is 9.23 Å². The van der Waals surface area contributed by atoms with E-state index in [0.29, 0.717) is 18.1 Å². The molecule has 0 aromatic heterocycles. The van der Waals surface area contributed by atoms with Crippen LogP contribution in [0.1, 0.15) is 40.0 Å². The van der Waals surface area contributed by atoms with E-state index in [1.165, 1.54) is 19.3 Å². The van der Waals surface area contributed by atoms with Crippen LogP contribution in [-0.4, -0.2) is 12.2 Å². The molecule has 0 aliphatic heterocycles. The van der Waals surface area contributed by atoms with E-state index in [1.807, 2.05) is 0 Å². The van der Waals surface area contributed by atoms with Crippen molar-refractivity contribution in [2.75, 3.05) is 0 Å². The highest BCUT2D eigenvalue weighted by atomic mass is 16.5. The molecule has 1 fully saturated rings. The van der Waals surface area contributed by atoms with Crippen LogP contribution in [0.2, 0.25) is 0 Å². The van der Waals surface area contributed by atoms with E-state index in [0.717, 1.165) is 0 Å². The quantitative estimate of drug-likeness (QED) is 0.588. The fourth-order valence-corrected chi connectivity index (χ4v) is 0.968. The lowest BCUT2D eigenvalue weighted by atomic mass is 9.95. The van der Waals surface area contributed by atoms with Gasteiger partial charge in [0.15, 0.2) is 0 Å². The zero-order valence-electron chi connectivity index (χ0n) is 7.26. The summed E-state index contributed by atoms with van der Waals surface area (Å²) in [6, 6.07) is 0. The van der Waals surface area contributed by atoms with Gasteiger partial charge in [0.25, 0.3) is 0 Å². The van der Waals surface area contributed by atoms with Crippen LogP contribution in [0.25, 0.3) is 0 Å². The second-order valence-electron chi connectivity index (χ2n) is 3.64. The summed E-state index contributed by atoms with van der Waals surface area (Å²) in [5.41, 5.74) is 0. The van der Waals surface area contributed by atoms with Crippen molar-refractivity contribution in [2.24, 2.45) is 5.92 Å². The van der Waals surface area contributed by atoms with Gasteiger partial charge in [-0.1, -0.05) is 13.8 Å². The van der Waals surface area contributed by atoms with Crippen LogP contribution in [0.4, 0.5) is 0 Å². The van der Waals surface area contributed by atoms with E-state index in [4.69, 9.17) is 4.74 Å². The van der Waals surface area contributed by atoms with Gasteiger partial charge in [-0.25, -0.2) is 0 Å². The van der Waals surface area contributed by atoms with Crippen LogP contribution in [-0.2, 0) is 4.74 Å². The Morgan fingerprint density at radius 2 is 1.80 bits per heavy atom. The van der Waals surface area contributed by atoms with Gasteiger partial charge >= 0.3 is 0 Å². The van der Waals surface area contributed by atoms with Crippen LogP contribution in [0.3, 0.4) is 0 Å². The minimum atomic E-state index is 0.449. The monoisotopic (exact) mass is 142 g/mol. The number of hydrogen-bond acceptors (Lipinski definition) is 1. The molecule has 1 aliphatic rings. The molecule has 0 aromatic rings. The maximum atomic E-state index is 5.75. The molecule has 0 unspecified atom stereocenters. The number of hydrogen-bond donors (Lipinski definition) is 0. The van der Waals surface area contributed by atoms with E-state index < -0.39 is 0 Å². The van der Waals surface area contributed by atoms with Gasteiger partial charge in [0.1, 0.15) is 0 Å². The Balaban J connectivity index is 2.10. The van der Waals surface area contributed by atoms with Gasteiger partial charge in [-0.2, -0.15) is 0 Å². The first kappa shape index (κ1) is 8.06. The summed E-state index contributed by atoms with van der Waals surface area (Å²) < 4.78 is 5.75. The Hall–Kier alpha value is -0.0400. The van der Waals surface area contributed by atoms with Crippen molar-refractivity contribution in [1.82, 2.24) is 0 Å². The third kappa shape index (κ3) is 1.98. The van der Waals surface area contributed by atoms with Crippen molar-refractivity contribution < 1.29 is 4.74 Å². The predicted molar refractivity (Wildman–Crippen MR) is 43.0 cm³/mol. The van der Waals surface area contributed by atoms with Gasteiger partial charge in [0.05, 0.1) is 12.2 Å². The highest BCUT2D eigenvalue weighted by Gasteiger charge is 2.21. The Morgan fingerprint density at radius 3 is 2.10 bits per heavy atom. The predicted octanol–water partition coefficient (Wildman–Crippen LogP) is 2.60. The minimum Gasteiger partial charge on any atom is -0.375 e. The number of rotatable bonds is 3. The molecule has 0 bridgehead atoms. The first-order valence-electron chi connectivity index (χ1n) is 4.35. The lowest BCUT2D eigenvalue weighted by molar-refractivity contribution is -0.0610. The molecule has 60 valence electrons. The molecule has 1 nitrogen and oxygen atoms in total. The molecule has 10 heavy (non-hydrogen) atoms. The normalized spacial score (nSPS) is 22.8. The van der Waals surface area contributed by atoms with Crippen molar-refractivity contribution in [1.29, 1.82) is 0 Å². The van der Waals surface area contributed by atoms with Crippen molar-refractivity contribution in [3.05, 3.63) is 0 Å². The van der Waals surface area contributed by atoms with E-state index in [2.05, 4.69) is 20.8 Å². The summed E-state index contributed by atoms with van der Waals surface area (Å²) in [6.45, 7) is 6.59. The van der Waals surface area contributed by atoms with Crippen molar-refractivity contribution in [2.45, 2.75) is 52.2 Å². The highest BCUT2D eigenvalue weighted by Crippen LogP contribution is 2.24. The van der Waals surface area contributed by atoms with Crippen molar-refractivity contribution in [3.63, 3.8) is 0 Å². The summed E-state index contributed by atoms with van der Waals surface area (Å²) >= 11 is 0. The Morgan fingerprint density at radius 1 is 1.20 bits per heavy atom. The molecule has 1 saturated carbocycles. The summed E-state index contributed by atoms with van der Waals surface area (Å²) in [6.07, 6.45) is 4.99. The largest absolute Gasteiger partial charge is 0.375 e. The molecule has 1 rings (SSSR count). The molecule has 0 spiro atoms. The summed E-state index contributed by atoms with van der Waals surface area (Å²) in [5.74, 6) is 0.667. The van der Waals surface area contributed by atoms with Gasteiger partial charge in [-0.05, 0) is 32.1 Å². The Kier molecular flexibility index (Phi) is 2.72. The smallest absolute Gasteiger partial charge is 0.0579 e. The minimum absolute atomic E-state index is 0.449. The molecule has 0 aromatic carbocycles. The molecule has 0 radical (unpaired) electrons. The summed E-state index contributed by atoms with van der Waals surface area (Å²) in [4.78, 5) is 0. The maximum Gasteiger partial charge on any atom is 0.0579 e. The summed E-state index contributed by atoms with van der Waals surface area (Å²) in [5, 5.41) is 0. The molecule has 1 aliphatic carbocycles. The van der Waals surface area contributed by atoms with Crippen LogP contribution in [0.5, 0.6) is 0 Å². The first-order valence-corrected chi connectivity index (χ1v) is 4.35. The zero-order chi connectivity index (χ0) is 7.56. The van der Waals surface area contributed by atoms with Gasteiger partial charge in [0.2, 0.25) is 0 Å². The highest BCUT2D eigenvalue weighted by molar-refractivity contribution is 4.71. The van der Waals surface area contributed by atoms with Crippen LogP contribution < -0.4 is 0 Å². The molecular weight excluding hydrogens is 124 g/mol. The van der Waals surface area contributed by atoms with E-state index in [1.54, 1.807) is 0 Å². The molecular formula is C9H18O. The average molecular weight is 142 g/mol. The lowest BCUT2D eigenvalue weighted by Gasteiger charge is -2.30. The average Bonchev–Trinajstić information content (AvgIpc) is 1.77. The van der Waals surface area contributed by atoms with E-state index in [9.17, 15) is 0 Å². The summed E-state index contributed by atoms with van der Waals surface area (Å²) in [7, 11) is 0. The number of ether oxygens (including phenoxy) is 1. The van der Waals surface area contributed by atoms with E-state index >= 15 is 0 Å². The maximum absolute atomic E-state index is 5.75. The molecule has 1 heteroatoms. The van der Waals surface area contributed by atoms with Crippen LogP contribution >= 0.6 is 0 Å². The van der Waals surface area contributed by atoms with Crippen LogP contribution in [0.15, 0.2) is 0 Å². The molecule has 0 amide bonds. The van der Waals surface area contributed by atoms with Gasteiger partial charge < -0.3 is 4.74 Å². The fraction of sp³-hybridized carbons (Fsp3) is 1.00. The van der Waals surface area contributed by atoms with E-state index in [-0.39, 0.29) is 0 Å². The fourth-order valence-electron chi connectivity index (χ4n) is 0.968. The van der Waals surface area contributed by atoms with Gasteiger partial charge in [0, 0.05) is 0 Å². The van der Waals surface area contributed by atoms with Gasteiger partial charge in [-0.3, -0.25) is 0 Å². The zero-order valence-corrected chi connectivity index (χ0v) is 7.26. The van der Waals surface area contributed by atoms with Crippen LogP contribution in [0, 0.1) is 5.92 Å². The Bertz CT molecular complexity index is 94.9. The third-order valence-electron chi connectivity index (χ3n) is 2.40. The standard InChI is InChI=1S/C9H18O/c1-7(2)8(3)10-9-5-4-6-9/h7-9H,4-6H2,1-3H3/t8-/m0/s1. The Labute approximate surface area is 63.8 Å². The molecule has 0 N–H and O–H groups in total.